The largest absolute Gasteiger partial charge is 0.330 e. The van der Waals surface area contributed by atoms with Crippen molar-refractivity contribution in [1.29, 1.82) is 0 Å². The van der Waals surface area contributed by atoms with Crippen molar-refractivity contribution in [2.24, 2.45) is 5.73 Å². The first kappa shape index (κ1) is 16.6. The molecule has 4 nitrogen and oxygen atoms in total. The first-order valence-electron chi connectivity index (χ1n) is 6.54. The van der Waals surface area contributed by atoms with Gasteiger partial charge in [0, 0.05) is 11.4 Å². The fourth-order valence-electron chi connectivity index (χ4n) is 1.84. The molecule has 1 aromatic heterocycles. The third kappa shape index (κ3) is 4.89. The molecule has 3 N–H and O–H groups in total. The second-order valence-corrected chi connectivity index (χ2v) is 8.88. The number of halogens is 1. The van der Waals surface area contributed by atoms with Gasteiger partial charge in [0.15, 0.2) is 0 Å². The lowest BCUT2D eigenvalue weighted by molar-refractivity contribution is 0.582. The average Bonchev–Trinajstić information content (AvgIpc) is 2.89. The molecule has 2 rings (SSSR count). The van der Waals surface area contributed by atoms with E-state index in [4.69, 9.17) is 5.73 Å². The number of rotatable bonds is 7. The zero-order chi connectivity index (χ0) is 15.3. The van der Waals surface area contributed by atoms with Gasteiger partial charge in [-0.1, -0.05) is 12.1 Å². The zero-order valence-electron chi connectivity index (χ0n) is 11.4. The fraction of sp³-hybridized carbons (Fsp3) is 0.286. The molecule has 0 bridgehead atoms. The van der Waals surface area contributed by atoms with Crippen molar-refractivity contribution in [2.45, 2.75) is 24.3 Å². The number of nitrogens with one attached hydrogen (secondary N) is 1. The Labute approximate surface area is 137 Å². The normalized spacial score (nSPS) is 11.7. The number of aryl methyl sites for hydroxylation is 1. The predicted molar refractivity (Wildman–Crippen MR) is 89.9 cm³/mol. The number of sulfonamides is 1. The maximum Gasteiger partial charge on any atom is 0.240 e. The first-order chi connectivity index (χ1) is 10.0. The van der Waals surface area contributed by atoms with Crippen LogP contribution in [0, 0.1) is 0 Å². The van der Waals surface area contributed by atoms with E-state index in [0.29, 0.717) is 13.1 Å². The Bertz CT molecular complexity index is 681. The summed E-state index contributed by atoms with van der Waals surface area (Å²) in [5, 5.41) is 0. The van der Waals surface area contributed by atoms with E-state index in [1.54, 1.807) is 12.1 Å². The Kier molecular flexibility index (Phi) is 5.95. The highest BCUT2D eigenvalue weighted by Crippen LogP contribution is 2.22. The maximum atomic E-state index is 12.2. The van der Waals surface area contributed by atoms with E-state index < -0.39 is 10.0 Å². The molecule has 1 aromatic carbocycles. The summed E-state index contributed by atoms with van der Waals surface area (Å²) in [5.41, 5.74) is 6.56. The highest BCUT2D eigenvalue weighted by molar-refractivity contribution is 9.11. The molecule has 0 aliphatic heterocycles. The summed E-state index contributed by atoms with van der Waals surface area (Å²) >= 11 is 4.87. The van der Waals surface area contributed by atoms with Crippen LogP contribution in [0.1, 0.15) is 16.9 Å². The van der Waals surface area contributed by atoms with Crippen LogP contribution in [0.2, 0.25) is 0 Å². The molecule has 0 aliphatic carbocycles. The van der Waals surface area contributed by atoms with Crippen molar-refractivity contribution in [2.75, 3.05) is 6.54 Å². The Balaban J connectivity index is 2.01. The summed E-state index contributed by atoms with van der Waals surface area (Å²) in [7, 11) is -3.47. The summed E-state index contributed by atoms with van der Waals surface area (Å²) in [5.74, 6) is 0. The van der Waals surface area contributed by atoms with Crippen molar-refractivity contribution in [3.63, 3.8) is 0 Å². The van der Waals surface area contributed by atoms with Crippen molar-refractivity contribution in [3.05, 3.63) is 50.6 Å². The summed E-state index contributed by atoms with van der Waals surface area (Å²) in [6, 6.07) is 10.8. The van der Waals surface area contributed by atoms with Gasteiger partial charge in [0.2, 0.25) is 10.0 Å². The van der Waals surface area contributed by atoms with E-state index in [9.17, 15) is 8.42 Å². The first-order valence-corrected chi connectivity index (χ1v) is 9.63. The van der Waals surface area contributed by atoms with Gasteiger partial charge in [-0.25, -0.2) is 13.1 Å². The van der Waals surface area contributed by atoms with Gasteiger partial charge < -0.3 is 5.73 Å². The molecule has 0 atom stereocenters. The van der Waals surface area contributed by atoms with Gasteiger partial charge in [-0.15, -0.1) is 11.3 Å². The van der Waals surface area contributed by atoms with Crippen molar-refractivity contribution in [3.8, 4) is 0 Å². The van der Waals surface area contributed by atoms with Gasteiger partial charge in [0.1, 0.15) is 0 Å². The van der Waals surface area contributed by atoms with Crippen LogP contribution in [0.25, 0.3) is 0 Å². The molecule has 2 aromatic rings. The molecular weight excluding hydrogens is 372 g/mol. The predicted octanol–water partition coefficient (Wildman–Crippen LogP) is 2.88. The number of hydrogen-bond donors (Lipinski definition) is 2. The van der Waals surface area contributed by atoms with Crippen molar-refractivity contribution < 1.29 is 8.42 Å². The molecule has 7 heteroatoms. The Hall–Kier alpha value is -0.730. The summed E-state index contributed by atoms with van der Waals surface area (Å²) in [6.07, 6.45) is 1.77. The topological polar surface area (TPSA) is 72.2 Å². The molecule has 0 fully saturated rings. The quantitative estimate of drug-likeness (QED) is 0.765. The number of benzene rings is 1. The zero-order valence-corrected chi connectivity index (χ0v) is 14.6. The Morgan fingerprint density at radius 2 is 1.86 bits per heavy atom. The van der Waals surface area contributed by atoms with Gasteiger partial charge >= 0.3 is 0 Å². The summed E-state index contributed by atoms with van der Waals surface area (Å²) in [4.78, 5) is 1.25. The van der Waals surface area contributed by atoms with Gasteiger partial charge in [-0.2, -0.15) is 0 Å². The van der Waals surface area contributed by atoms with Crippen molar-refractivity contribution in [1.82, 2.24) is 4.72 Å². The highest BCUT2D eigenvalue weighted by Gasteiger charge is 2.13. The lowest BCUT2D eigenvalue weighted by Crippen LogP contribution is -2.22. The van der Waals surface area contributed by atoms with Crippen LogP contribution in [0.4, 0.5) is 0 Å². The van der Waals surface area contributed by atoms with Crippen LogP contribution < -0.4 is 10.5 Å². The minimum Gasteiger partial charge on any atom is -0.330 e. The minimum absolute atomic E-state index is 0.287. The van der Waals surface area contributed by atoms with E-state index in [2.05, 4.69) is 20.7 Å². The summed E-state index contributed by atoms with van der Waals surface area (Å²) in [6.45, 7) is 0.936. The van der Waals surface area contributed by atoms with Gasteiger partial charge in [0.25, 0.3) is 0 Å². The molecule has 0 aliphatic rings. The molecule has 0 amide bonds. The van der Waals surface area contributed by atoms with E-state index in [1.165, 1.54) is 11.3 Å². The van der Waals surface area contributed by atoms with E-state index in [-0.39, 0.29) is 4.90 Å². The molecular formula is C14H17BrN2O2S2. The molecule has 0 saturated heterocycles. The van der Waals surface area contributed by atoms with Crippen LogP contribution in [-0.2, 0) is 23.0 Å². The molecule has 0 spiro atoms. The molecule has 1 heterocycles. The monoisotopic (exact) mass is 388 g/mol. The van der Waals surface area contributed by atoms with Gasteiger partial charge in [-0.3, -0.25) is 0 Å². The van der Waals surface area contributed by atoms with Crippen LogP contribution in [-0.4, -0.2) is 15.0 Å². The van der Waals surface area contributed by atoms with E-state index in [1.807, 2.05) is 24.3 Å². The van der Waals surface area contributed by atoms with Crippen LogP contribution >= 0.6 is 27.3 Å². The SMILES string of the molecule is NCCCc1ccc(S(=O)(=O)NCc2ccc(Br)s2)cc1. The lowest BCUT2D eigenvalue weighted by atomic mass is 10.1. The number of nitrogens with two attached hydrogens (primary N) is 1. The van der Waals surface area contributed by atoms with Gasteiger partial charge in [-0.05, 0) is 65.1 Å². The van der Waals surface area contributed by atoms with Gasteiger partial charge in [0.05, 0.1) is 8.68 Å². The van der Waals surface area contributed by atoms with Crippen molar-refractivity contribution >= 4 is 37.3 Å². The summed E-state index contributed by atoms with van der Waals surface area (Å²) < 4.78 is 28.0. The number of hydrogen-bond acceptors (Lipinski definition) is 4. The molecule has 0 radical (unpaired) electrons. The average molecular weight is 389 g/mol. The third-order valence-electron chi connectivity index (χ3n) is 2.97. The van der Waals surface area contributed by atoms with E-state index >= 15 is 0 Å². The Morgan fingerprint density at radius 1 is 1.14 bits per heavy atom. The van der Waals surface area contributed by atoms with Crippen LogP contribution in [0.3, 0.4) is 0 Å². The molecule has 114 valence electrons. The smallest absolute Gasteiger partial charge is 0.240 e. The second-order valence-electron chi connectivity index (χ2n) is 4.57. The number of thiophene rings is 1. The standard InChI is InChI=1S/C14H17BrN2O2S2/c15-14-8-5-12(20-14)10-17-21(18,19)13-6-3-11(4-7-13)2-1-9-16/h3-8,17H,1-2,9-10,16H2. The molecule has 0 unspecified atom stereocenters. The second kappa shape index (κ2) is 7.51. The van der Waals surface area contributed by atoms with E-state index in [0.717, 1.165) is 27.1 Å². The third-order valence-corrected chi connectivity index (χ3v) is 6.01. The minimum atomic E-state index is -3.47. The molecule has 0 saturated carbocycles. The maximum absolute atomic E-state index is 12.2. The fourth-order valence-corrected chi connectivity index (χ4v) is 4.36. The highest BCUT2D eigenvalue weighted by atomic mass is 79.9. The van der Waals surface area contributed by atoms with Crippen LogP contribution in [0.15, 0.2) is 45.1 Å². The lowest BCUT2D eigenvalue weighted by Gasteiger charge is -2.07. The van der Waals surface area contributed by atoms with Crippen LogP contribution in [0.5, 0.6) is 0 Å². The Morgan fingerprint density at radius 3 is 2.43 bits per heavy atom. The molecule has 21 heavy (non-hydrogen) atoms.